The highest BCUT2D eigenvalue weighted by molar-refractivity contribution is 7.07. The quantitative estimate of drug-likeness (QED) is 0.836. The Labute approximate surface area is 86.8 Å². The third-order valence-electron chi connectivity index (χ3n) is 1.85. The maximum absolute atomic E-state index is 4.19. The van der Waals surface area contributed by atoms with E-state index in [4.69, 9.17) is 0 Å². The number of rotatable bonds is 3. The highest BCUT2D eigenvalue weighted by Gasteiger charge is 1.95. The van der Waals surface area contributed by atoms with Crippen LogP contribution in [0.5, 0.6) is 0 Å². The second-order valence-corrected chi connectivity index (χ2v) is 3.74. The standard InChI is InChI=1S/C10H11N3S/c1-8-4-9(2-3-11-8)12-5-10-6-14-7-13-10/h2-4,6-7H,5H2,1H3,(H,11,12). The maximum atomic E-state index is 4.19. The summed E-state index contributed by atoms with van der Waals surface area (Å²) in [6.07, 6.45) is 1.80. The van der Waals surface area contributed by atoms with E-state index in [9.17, 15) is 0 Å². The summed E-state index contributed by atoms with van der Waals surface area (Å²) in [4.78, 5) is 8.33. The molecule has 0 aromatic carbocycles. The molecule has 0 aliphatic heterocycles. The van der Waals surface area contributed by atoms with E-state index < -0.39 is 0 Å². The van der Waals surface area contributed by atoms with Crippen LogP contribution in [-0.4, -0.2) is 9.97 Å². The van der Waals surface area contributed by atoms with Crippen molar-refractivity contribution in [2.75, 3.05) is 5.32 Å². The number of aromatic nitrogens is 2. The highest BCUT2D eigenvalue weighted by Crippen LogP contribution is 2.09. The summed E-state index contributed by atoms with van der Waals surface area (Å²) in [5.41, 5.74) is 5.03. The summed E-state index contributed by atoms with van der Waals surface area (Å²) in [6, 6.07) is 3.98. The van der Waals surface area contributed by atoms with E-state index in [1.165, 1.54) is 0 Å². The van der Waals surface area contributed by atoms with Crippen LogP contribution >= 0.6 is 11.3 Å². The van der Waals surface area contributed by atoms with E-state index >= 15 is 0 Å². The van der Waals surface area contributed by atoms with Gasteiger partial charge in [0.15, 0.2) is 0 Å². The monoisotopic (exact) mass is 205 g/mol. The van der Waals surface area contributed by atoms with Gasteiger partial charge < -0.3 is 5.32 Å². The molecule has 0 radical (unpaired) electrons. The number of thiazole rings is 1. The molecule has 0 unspecified atom stereocenters. The van der Waals surface area contributed by atoms with Gasteiger partial charge in [0.25, 0.3) is 0 Å². The SMILES string of the molecule is Cc1cc(NCc2cscn2)ccn1. The molecule has 0 amide bonds. The molecule has 2 aromatic heterocycles. The Morgan fingerprint density at radius 1 is 1.43 bits per heavy atom. The van der Waals surface area contributed by atoms with E-state index in [1.807, 2.05) is 29.9 Å². The van der Waals surface area contributed by atoms with Gasteiger partial charge in [-0.15, -0.1) is 11.3 Å². The predicted molar refractivity (Wildman–Crippen MR) is 58.4 cm³/mol. The van der Waals surface area contributed by atoms with E-state index in [1.54, 1.807) is 17.5 Å². The van der Waals surface area contributed by atoms with Gasteiger partial charge in [0.2, 0.25) is 0 Å². The first-order valence-electron chi connectivity index (χ1n) is 4.38. The zero-order chi connectivity index (χ0) is 9.80. The van der Waals surface area contributed by atoms with E-state index in [-0.39, 0.29) is 0 Å². The lowest BCUT2D eigenvalue weighted by atomic mass is 10.3. The molecule has 0 spiro atoms. The number of nitrogens with zero attached hydrogens (tertiary/aromatic N) is 2. The molecule has 14 heavy (non-hydrogen) atoms. The fourth-order valence-corrected chi connectivity index (χ4v) is 1.73. The average molecular weight is 205 g/mol. The van der Waals surface area contributed by atoms with Crippen LogP contribution in [0.1, 0.15) is 11.4 Å². The number of pyridine rings is 1. The lowest BCUT2D eigenvalue weighted by Gasteiger charge is -2.04. The summed E-state index contributed by atoms with van der Waals surface area (Å²) >= 11 is 1.61. The molecule has 2 heterocycles. The Kier molecular flexibility index (Phi) is 2.74. The largest absolute Gasteiger partial charge is 0.379 e. The predicted octanol–water partition coefficient (Wildman–Crippen LogP) is 2.46. The Morgan fingerprint density at radius 3 is 3.07 bits per heavy atom. The molecule has 0 aliphatic rings. The molecule has 0 aliphatic carbocycles. The molecule has 4 heteroatoms. The third-order valence-corrected chi connectivity index (χ3v) is 2.49. The second kappa shape index (κ2) is 4.19. The molecular formula is C10H11N3S. The van der Waals surface area contributed by atoms with Crippen molar-refractivity contribution < 1.29 is 0 Å². The smallest absolute Gasteiger partial charge is 0.0795 e. The Hall–Kier alpha value is -1.42. The number of hydrogen-bond donors (Lipinski definition) is 1. The van der Waals surface area contributed by atoms with Crippen LogP contribution in [0.25, 0.3) is 0 Å². The van der Waals surface area contributed by atoms with Crippen LogP contribution < -0.4 is 5.32 Å². The van der Waals surface area contributed by atoms with Crippen molar-refractivity contribution in [2.24, 2.45) is 0 Å². The lowest BCUT2D eigenvalue weighted by Crippen LogP contribution is -1.99. The summed E-state index contributed by atoms with van der Waals surface area (Å²) in [7, 11) is 0. The highest BCUT2D eigenvalue weighted by atomic mass is 32.1. The molecule has 0 saturated carbocycles. The second-order valence-electron chi connectivity index (χ2n) is 3.02. The number of hydrogen-bond acceptors (Lipinski definition) is 4. The van der Waals surface area contributed by atoms with Gasteiger partial charge >= 0.3 is 0 Å². The molecule has 0 bridgehead atoms. The van der Waals surface area contributed by atoms with Gasteiger partial charge in [0.1, 0.15) is 0 Å². The maximum Gasteiger partial charge on any atom is 0.0795 e. The van der Waals surface area contributed by atoms with E-state index in [2.05, 4.69) is 15.3 Å². The summed E-state index contributed by atoms with van der Waals surface area (Å²) < 4.78 is 0. The lowest BCUT2D eigenvalue weighted by molar-refractivity contribution is 1.07. The van der Waals surface area contributed by atoms with Crippen molar-refractivity contribution in [3.8, 4) is 0 Å². The van der Waals surface area contributed by atoms with Crippen LogP contribution in [0.2, 0.25) is 0 Å². The van der Waals surface area contributed by atoms with Crippen molar-refractivity contribution in [1.82, 2.24) is 9.97 Å². The van der Waals surface area contributed by atoms with Gasteiger partial charge in [-0.2, -0.15) is 0 Å². The van der Waals surface area contributed by atoms with Gasteiger partial charge in [-0.1, -0.05) is 0 Å². The third kappa shape index (κ3) is 2.29. The fourth-order valence-electron chi connectivity index (χ4n) is 1.17. The minimum absolute atomic E-state index is 0.771. The van der Waals surface area contributed by atoms with Crippen LogP contribution in [0.3, 0.4) is 0 Å². The summed E-state index contributed by atoms with van der Waals surface area (Å²) in [6.45, 7) is 2.75. The number of nitrogens with one attached hydrogen (secondary N) is 1. The normalized spacial score (nSPS) is 10.1. The van der Waals surface area contributed by atoms with Crippen LogP contribution in [0.15, 0.2) is 29.2 Å². The minimum atomic E-state index is 0.771. The van der Waals surface area contributed by atoms with Gasteiger partial charge in [-0.05, 0) is 19.1 Å². The Balaban J connectivity index is 1.98. The van der Waals surface area contributed by atoms with E-state index in [0.29, 0.717) is 0 Å². The number of anilines is 1. The fraction of sp³-hybridized carbons (Fsp3) is 0.200. The van der Waals surface area contributed by atoms with Gasteiger partial charge in [0, 0.05) is 23.0 Å². The summed E-state index contributed by atoms with van der Waals surface area (Å²) in [5.74, 6) is 0. The van der Waals surface area contributed by atoms with Gasteiger partial charge in [-0.25, -0.2) is 4.98 Å². The van der Waals surface area contributed by atoms with Crippen molar-refractivity contribution in [1.29, 1.82) is 0 Å². The molecule has 3 nitrogen and oxygen atoms in total. The topological polar surface area (TPSA) is 37.8 Å². The molecule has 0 saturated heterocycles. The van der Waals surface area contributed by atoms with Crippen molar-refractivity contribution >= 4 is 17.0 Å². The molecule has 72 valence electrons. The number of aryl methyl sites for hydroxylation is 1. The first kappa shape index (κ1) is 9.15. The average Bonchev–Trinajstić information content (AvgIpc) is 2.67. The zero-order valence-corrected chi connectivity index (χ0v) is 8.71. The molecule has 0 atom stereocenters. The first-order valence-corrected chi connectivity index (χ1v) is 5.32. The van der Waals surface area contributed by atoms with Crippen LogP contribution in [-0.2, 0) is 6.54 Å². The summed E-state index contributed by atoms with van der Waals surface area (Å²) in [5, 5.41) is 5.33. The molecule has 0 fully saturated rings. The molecule has 2 rings (SSSR count). The van der Waals surface area contributed by atoms with Crippen LogP contribution in [0, 0.1) is 6.92 Å². The van der Waals surface area contributed by atoms with E-state index in [0.717, 1.165) is 23.6 Å². The molecular weight excluding hydrogens is 194 g/mol. The van der Waals surface area contributed by atoms with Gasteiger partial charge in [-0.3, -0.25) is 4.98 Å². The Bertz CT molecular complexity index is 398. The van der Waals surface area contributed by atoms with Crippen LogP contribution in [0.4, 0.5) is 5.69 Å². The van der Waals surface area contributed by atoms with Crippen molar-refractivity contribution in [2.45, 2.75) is 13.5 Å². The Morgan fingerprint density at radius 2 is 2.36 bits per heavy atom. The molecule has 1 N–H and O–H groups in total. The minimum Gasteiger partial charge on any atom is -0.379 e. The molecule has 2 aromatic rings. The van der Waals surface area contributed by atoms with Crippen molar-refractivity contribution in [3.63, 3.8) is 0 Å². The van der Waals surface area contributed by atoms with Crippen molar-refractivity contribution in [3.05, 3.63) is 40.6 Å². The first-order chi connectivity index (χ1) is 6.84. The zero-order valence-electron chi connectivity index (χ0n) is 7.90. The van der Waals surface area contributed by atoms with Gasteiger partial charge in [0.05, 0.1) is 17.7 Å².